The molecule has 0 radical (unpaired) electrons. The molecule has 0 bridgehead atoms. The van der Waals surface area contributed by atoms with Gasteiger partial charge >= 0.3 is 12.1 Å². The van der Waals surface area contributed by atoms with Crippen molar-refractivity contribution < 1.29 is 24.2 Å². The Morgan fingerprint density at radius 1 is 1.03 bits per heavy atom. The number of ether oxygens (including phenoxy) is 1. The summed E-state index contributed by atoms with van der Waals surface area (Å²) in [6.07, 6.45) is 7.31. The molecule has 2 heterocycles. The molecule has 2 aliphatic rings. The van der Waals surface area contributed by atoms with Crippen LogP contribution in [0, 0.1) is 5.92 Å². The zero-order valence-electron chi connectivity index (χ0n) is 19.0. The summed E-state index contributed by atoms with van der Waals surface area (Å²) in [5.74, 6) is -0.487. The fraction of sp³-hybridized carbons (Fsp3) is 0.462. The van der Waals surface area contributed by atoms with Crippen molar-refractivity contribution in [2.45, 2.75) is 64.0 Å². The summed E-state index contributed by atoms with van der Waals surface area (Å²) < 4.78 is 5.72. The number of carbonyl (C=O) groups excluding carboxylic acids is 2. The van der Waals surface area contributed by atoms with E-state index in [9.17, 15) is 14.4 Å². The Hall–Kier alpha value is -2.93. The van der Waals surface area contributed by atoms with E-state index >= 15 is 0 Å². The number of carboxylic acids is 1. The minimum absolute atomic E-state index is 0.100. The predicted octanol–water partition coefficient (Wildman–Crippen LogP) is 4.62. The highest BCUT2D eigenvalue weighted by atomic mass is 35.5. The van der Waals surface area contributed by atoms with Gasteiger partial charge in [0.15, 0.2) is 0 Å². The van der Waals surface area contributed by atoms with Crippen molar-refractivity contribution in [2.24, 2.45) is 5.92 Å². The fourth-order valence-electron chi connectivity index (χ4n) is 4.86. The van der Waals surface area contributed by atoms with Gasteiger partial charge in [0, 0.05) is 44.7 Å². The highest BCUT2D eigenvalue weighted by molar-refractivity contribution is 6.30. The molecule has 1 fully saturated rings. The summed E-state index contributed by atoms with van der Waals surface area (Å²) in [5, 5.41) is 9.46. The predicted molar refractivity (Wildman–Crippen MR) is 127 cm³/mol. The van der Waals surface area contributed by atoms with Crippen molar-refractivity contribution in [1.29, 1.82) is 0 Å². The number of fused-ring (bicyclic) bond motifs is 1. The Morgan fingerprint density at radius 3 is 2.53 bits per heavy atom. The summed E-state index contributed by atoms with van der Waals surface area (Å²) in [5.41, 5.74) is 4.00. The first-order valence-electron chi connectivity index (χ1n) is 11.7. The van der Waals surface area contributed by atoms with Gasteiger partial charge < -0.3 is 14.7 Å². The average molecular weight is 485 g/mol. The van der Waals surface area contributed by atoms with Crippen LogP contribution in [0.3, 0.4) is 0 Å². The van der Waals surface area contributed by atoms with Gasteiger partial charge in [-0.1, -0.05) is 29.8 Å². The number of benzene rings is 1. The molecule has 1 N–H and O–H groups in total. The van der Waals surface area contributed by atoms with Crippen LogP contribution in [0.2, 0.25) is 5.02 Å². The fourth-order valence-corrected chi connectivity index (χ4v) is 5.06. The van der Waals surface area contributed by atoms with E-state index in [4.69, 9.17) is 21.4 Å². The van der Waals surface area contributed by atoms with Crippen LogP contribution in [0.15, 0.2) is 36.7 Å². The van der Waals surface area contributed by atoms with E-state index in [1.807, 2.05) is 12.1 Å². The molecule has 1 saturated carbocycles. The first-order chi connectivity index (χ1) is 16.4. The summed E-state index contributed by atoms with van der Waals surface area (Å²) in [4.78, 5) is 41.8. The molecule has 1 aromatic heterocycles. The third-order valence-electron chi connectivity index (χ3n) is 6.63. The topological polar surface area (TPSA) is 96.8 Å². The number of Topliss-reactive ketones (excluding diaryl/α,β-unsaturated/α-hetero) is 1. The van der Waals surface area contributed by atoms with Crippen LogP contribution in [-0.2, 0) is 40.1 Å². The number of carboxylic acid groups (broad SMARTS) is 1. The number of rotatable bonds is 7. The lowest BCUT2D eigenvalue weighted by Gasteiger charge is -2.32. The molecule has 7 nitrogen and oxygen atoms in total. The van der Waals surface area contributed by atoms with Crippen LogP contribution in [0.4, 0.5) is 4.79 Å². The third kappa shape index (κ3) is 6.56. The van der Waals surface area contributed by atoms with E-state index in [2.05, 4.69) is 11.1 Å². The molecular formula is C26H29ClN2O5. The van der Waals surface area contributed by atoms with Crippen molar-refractivity contribution in [3.8, 4) is 0 Å². The smallest absolute Gasteiger partial charge is 0.410 e. The Morgan fingerprint density at radius 2 is 1.79 bits per heavy atom. The Balaban J connectivity index is 1.27. The number of pyridine rings is 1. The lowest BCUT2D eigenvalue weighted by Crippen LogP contribution is -2.39. The number of ketones is 1. The number of nitrogens with zero attached hydrogens (tertiary/aromatic N) is 2. The first kappa shape index (κ1) is 24.2. The molecule has 180 valence electrons. The maximum absolute atomic E-state index is 12.7. The lowest BCUT2D eigenvalue weighted by molar-refractivity contribution is -0.138. The van der Waals surface area contributed by atoms with Gasteiger partial charge in [-0.3, -0.25) is 14.6 Å². The number of amides is 1. The van der Waals surface area contributed by atoms with Crippen molar-refractivity contribution in [3.05, 3.63) is 63.9 Å². The van der Waals surface area contributed by atoms with E-state index < -0.39 is 5.97 Å². The Labute approximate surface area is 204 Å². The summed E-state index contributed by atoms with van der Waals surface area (Å²) >= 11 is 5.95. The van der Waals surface area contributed by atoms with Gasteiger partial charge in [0.1, 0.15) is 11.9 Å². The van der Waals surface area contributed by atoms with Gasteiger partial charge in [-0.15, -0.1) is 0 Å². The highest BCUT2D eigenvalue weighted by Crippen LogP contribution is 2.29. The minimum Gasteiger partial charge on any atom is -0.481 e. The van der Waals surface area contributed by atoms with Crippen molar-refractivity contribution in [2.75, 3.05) is 6.54 Å². The molecule has 0 atom stereocenters. The van der Waals surface area contributed by atoms with Crippen molar-refractivity contribution >= 4 is 29.4 Å². The summed E-state index contributed by atoms with van der Waals surface area (Å²) in [6.45, 7) is 1.07. The quantitative estimate of drug-likeness (QED) is 0.616. The second-order valence-corrected chi connectivity index (χ2v) is 9.74. The highest BCUT2D eigenvalue weighted by Gasteiger charge is 2.28. The van der Waals surface area contributed by atoms with Gasteiger partial charge in [0.05, 0.1) is 5.02 Å². The van der Waals surface area contributed by atoms with Gasteiger partial charge in [0.25, 0.3) is 0 Å². The number of carbonyl (C=O) groups is 3. The first-order valence-corrected chi connectivity index (χ1v) is 12.1. The molecule has 0 saturated heterocycles. The number of hydrogen-bond donors (Lipinski definition) is 1. The van der Waals surface area contributed by atoms with Gasteiger partial charge in [0.2, 0.25) is 0 Å². The second kappa shape index (κ2) is 11.0. The third-order valence-corrected chi connectivity index (χ3v) is 6.84. The van der Waals surface area contributed by atoms with Crippen LogP contribution in [0.1, 0.15) is 54.4 Å². The molecule has 1 aliphatic heterocycles. The van der Waals surface area contributed by atoms with E-state index in [0.29, 0.717) is 31.0 Å². The molecule has 0 unspecified atom stereocenters. The van der Waals surface area contributed by atoms with Crippen LogP contribution < -0.4 is 0 Å². The molecule has 2 aromatic rings. The Bertz CT molecular complexity index is 1060. The van der Waals surface area contributed by atoms with E-state index in [1.54, 1.807) is 23.4 Å². The SMILES string of the molecule is O=C(O)CC1CCC(OC(=O)N2CCc3cc(CC(=O)Cc4cncc(Cl)c4)ccc3C2)CC1. The largest absolute Gasteiger partial charge is 0.481 e. The number of hydrogen-bond acceptors (Lipinski definition) is 5. The van der Waals surface area contributed by atoms with Crippen LogP contribution in [0.5, 0.6) is 0 Å². The molecule has 1 aromatic carbocycles. The molecule has 1 amide bonds. The van der Waals surface area contributed by atoms with Crippen LogP contribution in [-0.4, -0.2) is 45.5 Å². The van der Waals surface area contributed by atoms with Gasteiger partial charge in [-0.25, -0.2) is 4.79 Å². The van der Waals surface area contributed by atoms with Crippen molar-refractivity contribution in [1.82, 2.24) is 9.88 Å². The molecule has 8 heteroatoms. The normalized spacial score (nSPS) is 19.9. The minimum atomic E-state index is -0.765. The van der Waals surface area contributed by atoms with Gasteiger partial charge in [-0.05, 0) is 66.3 Å². The zero-order valence-corrected chi connectivity index (χ0v) is 19.8. The van der Waals surface area contributed by atoms with E-state index in [0.717, 1.165) is 54.4 Å². The lowest BCUT2D eigenvalue weighted by atomic mass is 9.85. The molecule has 4 rings (SSSR count). The number of aliphatic carboxylic acids is 1. The summed E-state index contributed by atoms with van der Waals surface area (Å²) in [7, 11) is 0. The monoisotopic (exact) mass is 484 g/mol. The van der Waals surface area contributed by atoms with Crippen LogP contribution >= 0.6 is 11.6 Å². The zero-order chi connectivity index (χ0) is 24.1. The van der Waals surface area contributed by atoms with Crippen LogP contribution in [0.25, 0.3) is 0 Å². The molecule has 0 spiro atoms. The Kier molecular flexibility index (Phi) is 7.83. The maximum atomic E-state index is 12.7. The standard InChI is InChI=1S/C26H29ClN2O5/c27-22-10-19(14-28-15-22)12-23(30)11-18-1-4-21-16-29(8-7-20(21)9-18)26(33)34-24-5-2-17(3-6-24)13-25(31)32/h1,4,9-10,14-15,17,24H,2-3,5-8,11-13,16H2,(H,31,32). The molecule has 34 heavy (non-hydrogen) atoms. The summed E-state index contributed by atoms with van der Waals surface area (Å²) in [6, 6.07) is 7.77. The van der Waals surface area contributed by atoms with E-state index in [-0.39, 0.29) is 30.3 Å². The molecule has 1 aliphatic carbocycles. The maximum Gasteiger partial charge on any atom is 0.410 e. The van der Waals surface area contributed by atoms with Crippen molar-refractivity contribution in [3.63, 3.8) is 0 Å². The number of halogens is 1. The number of aromatic nitrogens is 1. The second-order valence-electron chi connectivity index (χ2n) is 9.30. The van der Waals surface area contributed by atoms with Gasteiger partial charge in [-0.2, -0.15) is 0 Å². The van der Waals surface area contributed by atoms with E-state index in [1.165, 1.54) is 0 Å². The molecular weight excluding hydrogens is 456 g/mol. The average Bonchev–Trinajstić information content (AvgIpc) is 2.79.